The number of carbonyl (C=O) groups excluding carboxylic acids is 1. The highest BCUT2D eigenvalue weighted by Crippen LogP contribution is 2.21. The Morgan fingerprint density at radius 2 is 1.93 bits per heavy atom. The van der Waals surface area contributed by atoms with E-state index in [4.69, 9.17) is 4.98 Å². The Kier molecular flexibility index (Phi) is 6.36. The van der Waals surface area contributed by atoms with Crippen LogP contribution in [0.5, 0.6) is 0 Å². The van der Waals surface area contributed by atoms with Gasteiger partial charge in [0.05, 0.1) is 23.8 Å². The second-order valence-electron chi connectivity index (χ2n) is 7.38. The van der Waals surface area contributed by atoms with E-state index in [9.17, 15) is 13.2 Å². The van der Waals surface area contributed by atoms with Gasteiger partial charge in [0.25, 0.3) is 0 Å². The van der Waals surface area contributed by atoms with Gasteiger partial charge in [-0.3, -0.25) is 9.69 Å². The van der Waals surface area contributed by atoms with E-state index in [0.717, 1.165) is 35.4 Å². The molecule has 0 radical (unpaired) electrons. The number of unbranched alkanes of at least 4 members (excludes halogenated alkanes) is 1. The molecule has 1 fully saturated rings. The summed E-state index contributed by atoms with van der Waals surface area (Å²) in [5.41, 5.74) is 2.62. The predicted octanol–water partition coefficient (Wildman–Crippen LogP) is 1.78. The molecule has 1 aromatic heterocycles. The lowest BCUT2D eigenvalue weighted by Crippen LogP contribution is -2.48. The van der Waals surface area contributed by atoms with Crippen LogP contribution in [0.25, 0.3) is 11.0 Å². The molecule has 2 aromatic rings. The number of rotatable bonds is 7. The first-order chi connectivity index (χ1) is 13.3. The van der Waals surface area contributed by atoms with Crippen molar-refractivity contribution >= 4 is 32.7 Å². The normalized spacial score (nSPS) is 16.5. The number of amides is 1. The molecule has 8 nitrogen and oxygen atoms in total. The Balaban J connectivity index is 1.68. The van der Waals surface area contributed by atoms with Crippen molar-refractivity contribution in [3.05, 3.63) is 24.0 Å². The Labute approximate surface area is 166 Å². The highest BCUT2D eigenvalue weighted by atomic mass is 32.2. The highest BCUT2D eigenvalue weighted by Gasteiger charge is 2.24. The van der Waals surface area contributed by atoms with E-state index in [1.807, 2.05) is 25.2 Å². The first-order valence-electron chi connectivity index (χ1n) is 9.70. The first-order valence-corrected chi connectivity index (χ1v) is 11.6. The number of piperazine rings is 1. The van der Waals surface area contributed by atoms with E-state index in [2.05, 4.69) is 21.7 Å². The minimum atomic E-state index is -3.12. The maximum Gasteiger partial charge on any atom is 0.224 e. The van der Waals surface area contributed by atoms with E-state index >= 15 is 0 Å². The van der Waals surface area contributed by atoms with Gasteiger partial charge in [-0.25, -0.2) is 13.4 Å². The van der Waals surface area contributed by atoms with Crippen LogP contribution < -0.4 is 5.32 Å². The molecular weight excluding hydrogens is 378 g/mol. The van der Waals surface area contributed by atoms with Crippen LogP contribution in [0.3, 0.4) is 0 Å². The third kappa shape index (κ3) is 4.89. The number of fused-ring (bicyclic) bond motifs is 1. The van der Waals surface area contributed by atoms with E-state index in [1.165, 1.54) is 10.6 Å². The predicted molar refractivity (Wildman–Crippen MR) is 111 cm³/mol. The zero-order valence-electron chi connectivity index (χ0n) is 16.8. The summed E-state index contributed by atoms with van der Waals surface area (Å²) < 4.78 is 26.9. The van der Waals surface area contributed by atoms with Gasteiger partial charge in [-0.05, 0) is 24.6 Å². The molecule has 0 bridgehead atoms. The summed E-state index contributed by atoms with van der Waals surface area (Å²) in [6.45, 7) is 5.13. The molecular formula is C19H29N5O3S. The number of aryl methyl sites for hydroxylation is 1. The van der Waals surface area contributed by atoms with E-state index in [-0.39, 0.29) is 5.91 Å². The lowest BCUT2D eigenvalue weighted by molar-refractivity contribution is -0.116. The van der Waals surface area contributed by atoms with Gasteiger partial charge in [0.2, 0.25) is 15.9 Å². The van der Waals surface area contributed by atoms with Gasteiger partial charge in [-0.2, -0.15) is 4.31 Å². The standard InChI is InChI=1S/C19H29N5O3S/c1-4-5-6-19(25)20-15-7-8-17-16(13-15)21-18(22(17)2)14-23-9-11-24(12-10-23)28(3,26)27/h7-8,13H,4-6,9-12,14H2,1-3H3,(H,20,25). The van der Waals surface area contributed by atoms with Crippen molar-refractivity contribution in [2.45, 2.75) is 32.7 Å². The fourth-order valence-corrected chi connectivity index (χ4v) is 4.28. The minimum Gasteiger partial charge on any atom is -0.330 e. The number of hydrogen-bond acceptors (Lipinski definition) is 5. The average molecular weight is 408 g/mol. The number of nitrogens with zero attached hydrogens (tertiary/aromatic N) is 4. The van der Waals surface area contributed by atoms with Gasteiger partial charge in [0, 0.05) is 45.3 Å². The van der Waals surface area contributed by atoms with Gasteiger partial charge in [0.1, 0.15) is 5.82 Å². The van der Waals surface area contributed by atoms with Gasteiger partial charge in [-0.15, -0.1) is 0 Å². The number of benzene rings is 1. The second kappa shape index (κ2) is 8.59. The summed E-state index contributed by atoms with van der Waals surface area (Å²) in [5, 5.41) is 2.94. The lowest BCUT2D eigenvalue weighted by Gasteiger charge is -2.32. The molecule has 0 unspecified atom stereocenters. The number of hydrogen-bond donors (Lipinski definition) is 1. The van der Waals surface area contributed by atoms with Crippen molar-refractivity contribution in [1.82, 2.24) is 18.8 Å². The van der Waals surface area contributed by atoms with Gasteiger partial charge < -0.3 is 9.88 Å². The third-order valence-electron chi connectivity index (χ3n) is 5.18. The molecule has 1 aliphatic rings. The minimum absolute atomic E-state index is 0.0288. The number of sulfonamides is 1. The van der Waals surface area contributed by atoms with E-state index in [0.29, 0.717) is 39.1 Å². The number of anilines is 1. The molecule has 0 spiro atoms. The van der Waals surface area contributed by atoms with Crippen molar-refractivity contribution in [2.75, 3.05) is 37.8 Å². The average Bonchev–Trinajstić information content (AvgIpc) is 2.95. The summed E-state index contributed by atoms with van der Waals surface area (Å²) in [7, 11) is -1.14. The number of carbonyl (C=O) groups is 1. The molecule has 0 atom stereocenters. The van der Waals surface area contributed by atoms with Gasteiger partial charge in [0.15, 0.2) is 0 Å². The van der Waals surface area contributed by atoms with Crippen LogP contribution in [-0.2, 0) is 28.4 Å². The molecule has 0 aliphatic carbocycles. The molecule has 1 saturated heterocycles. The number of aromatic nitrogens is 2. The molecule has 1 amide bonds. The van der Waals surface area contributed by atoms with Crippen LogP contribution in [0.4, 0.5) is 5.69 Å². The summed E-state index contributed by atoms with van der Waals surface area (Å²) >= 11 is 0. The molecule has 1 aromatic carbocycles. The molecule has 9 heteroatoms. The van der Waals surface area contributed by atoms with Crippen LogP contribution in [0, 0.1) is 0 Å². The Hall–Kier alpha value is -1.97. The van der Waals surface area contributed by atoms with Crippen molar-refractivity contribution in [3.63, 3.8) is 0 Å². The quantitative estimate of drug-likeness (QED) is 0.756. The fraction of sp³-hybridized carbons (Fsp3) is 0.579. The summed E-state index contributed by atoms with van der Waals surface area (Å²) in [6, 6.07) is 5.79. The smallest absolute Gasteiger partial charge is 0.224 e. The SMILES string of the molecule is CCCCC(=O)Nc1ccc2c(c1)nc(CN1CCN(S(C)(=O)=O)CC1)n2C. The lowest BCUT2D eigenvalue weighted by atomic mass is 10.2. The molecule has 1 N–H and O–H groups in total. The van der Waals surface area contributed by atoms with E-state index < -0.39 is 10.0 Å². The Bertz CT molecular complexity index is 946. The molecule has 3 rings (SSSR count). The van der Waals surface area contributed by atoms with Crippen LogP contribution in [0.1, 0.15) is 32.0 Å². The monoisotopic (exact) mass is 407 g/mol. The van der Waals surface area contributed by atoms with Gasteiger partial charge >= 0.3 is 0 Å². The fourth-order valence-electron chi connectivity index (χ4n) is 3.45. The van der Waals surface area contributed by atoms with Crippen molar-refractivity contribution in [2.24, 2.45) is 7.05 Å². The summed E-state index contributed by atoms with van der Waals surface area (Å²) in [4.78, 5) is 18.9. The van der Waals surface area contributed by atoms with E-state index in [1.54, 1.807) is 0 Å². The topological polar surface area (TPSA) is 87.5 Å². The zero-order valence-corrected chi connectivity index (χ0v) is 17.6. The number of nitrogens with one attached hydrogen (secondary N) is 1. The molecule has 1 aliphatic heterocycles. The molecule has 0 saturated carbocycles. The number of imidazole rings is 1. The largest absolute Gasteiger partial charge is 0.330 e. The van der Waals surface area contributed by atoms with Crippen LogP contribution >= 0.6 is 0 Å². The molecule has 154 valence electrons. The van der Waals surface area contributed by atoms with Crippen molar-refractivity contribution in [3.8, 4) is 0 Å². The van der Waals surface area contributed by atoms with Crippen LogP contribution in [-0.4, -0.2) is 65.5 Å². The Morgan fingerprint density at radius 1 is 1.21 bits per heavy atom. The van der Waals surface area contributed by atoms with Crippen LogP contribution in [0.2, 0.25) is 0 Å². The van der Waals surface area contributed by atoms with Crippen molar-refractivity contribution < 1.29 is 13.2 Å². The molecule has 28 heavy (non-hydrogen) atoms. The third-order valence-corrected chi connectivity index (χ3v) is 6.48. The molecule has 2 heterocycles. The zero-order chi connectivity index (χ0) is 20.3. The maximum absolute atomic E-state index is 11.9. The highest BCUT2D eigenvalue weighted by molar-refractivity contribution is 7.88. The van der Waals surface area contributed by atoms with Crippen LogP contribution in [0.15, 0.2) is 18.2 Å². The maximum atomic E-state index is 11.9. The van der Waals surface area contributed by atoms with Gasteiger partial charge in [-0.1, -0.05) is 13.3 Å². The Morgan fingerprint density at radius 3 is 2.57 bits per heavy atom. The second-order valence-corrected chi connectivity index (χ2v) is 9.36. The van der Waals surface area contributed by atoms with Crippen molar-refractivity contribution in [1.29, 1.82) is 0 Å². The summed E-state index contributed by atoms with van der Waals surface area (Å²) in [5.74, 6) is 0.957. The first kappa shape index (κ1) is 20.8. The summed E-state index contributed by atoms with van der Waals surface area (Å²) in [6.07, 6.45) is 3.66.